The molecule has 12 nitrogen and oxygen atoms in total. The molecule has 2 N–H and O–H groups in total. The first kappa shape index (κ1) is 28.4. The fraction of sp³-hybridized carbons (Fsp3) is 0.387. The Balaban J connectivity index is 1.14. The van der Waals surface area contributed by atoms with Crippen LogP contribution in [0.3, 0.4) is 0 Å². The number of aromatic nitrogens is 4. The van der Waals surface area contributed by atoms with E-state index in [1.54, 1.807) is 16.8 Å². The van der Waals surface area contributed by atoms with Crippen molar-refractivity contribution >= 4 is 40.9 Å². The second kappa shape index (κ2) is 12.7. The van der Waals surface area contributed by atoms with Crippen molar-refractivity contribution in [2.24, 2.45) is 0 Å². The molecule has 224 valence electrons. The molecule has 0 radical (unpaired) electrons. The quantitative estimate of drug-likeness (QED) is 0.322. The third kappa shape index (κ3) is 6.38. The number of hydrogen-bond acceptors (Lipinski definition) is 9. The van der Waals surface area contributed by atoms with E-state index in [9.17, 15) is 9.59 Å². The average molecular weight is 584 g/mol. The molecule has 2 aromatic heterocycles. The summed E-state index contributed by atoms with van der Waals surface area (Å²) in [4.78, 5) is 45.9. The van der Waals surface area contributed by atoms with Crippen molar-refractivity contribution in [1.82, 2.24) is 29.6 Å². The maximum atomic E-state index is 13.0. The van der Waals surface area contributed by atoms with Gasteiger partial charge < -0.3 is 30.1 Å². The monoisotopic (exact) mass is 583 g/mol. The van der Waals surface area contributed by atoms with Crippen molar-refractivity contribution in [3.8, 4) is 0 Å². The first-order chi connectivity index (χ1) is 21.0. The molecule has 1 unspecified atom stereocenters. The van der Waals surface area contributed by atoms with Crippen LogP contribution < -0.4 is 20.4 Å². The lowest BCUT2D eigenvalue weighted by Gasteiger charge is -2.33. The van der Waals surface area contributed by atoms with Crippen LogP contribution in [0.15, 0.2) is 60.9 Å². The molecule has 2 saturated heterocycles. The van der Waals surface area contributed by atoms with Gasteiger partial charge in [-0.15, -0.1) is 0 Å². The Morgan fingerprint density at radius 3 is 2.49 bits per heavy atom. The van der Waals surface area contributed by atoms with Gasteiger partial charge in [0.2, 0.25) is 17.7 Å². The number of anilines is 4. The Bertz CT molecular complexity index is 1570. The van der Waals surface area contributed by atoms with Crippen molar-refractivity contribution in [3.63, 3.8) is 0 Å². The van der Waals surface area contributed by atoms with E-state index >= 15 is 0 Å². The van der Waals surface area contributed by atoms with Gasteiger partial charge in [-0.25, -0.2) is 4.98 Å². The highest BCUT2D eigenvalue weighted by Gasteiger charge is 2.25. The number of nitrogens with zero attached hydrogens (tertiary/aromatic N) is 7. The number of piperidine rings is 1. The molecule has 0 aliphatic carbocycles. The number of ether oxygens (including phenoxy) is 1. The maximum Gasteiger partial charge on any atom is 0.254 e. The van der Waals surface area contributed by atoms with Crippen LogP contribution in [-0.4, -0.2) is 95.1 Å². The molecular formula is C31H37N9O3. The molecule has 2 aromatic carbocycles. The van der Waals surface area contributed by atoms with Crippen molar-refractivity contribution in [2.45, 2.75) is 25.8 Å². The van der Waals surface area contributed by atoms with Gasteiger partial charge in [0, 0.05) is 80.7 Å². The fourth-order valence-electron chi connectivity index (χ4n) is 5.41. The third-order valence-electron chi connectivity index (χ3n) is 8.03. The van der Waals surface area contributed by atoms with Gasteiger partial charge in [-0.1, -0.05) is 0 Å². The molecule has 43 heavy (non-hydrogen) atoms. The SMILES string of the molecule is CCN(C)c1ccc(C(=O)NC2CCCN(c3nc(Nc4ccc(C(=O)N5CCOCC5)cc4)n4ccnc4n3)C2)cc1. The molecule has 2 aliphatic rings. The van der Waals surface area contributed by atoms with Crippen LogP contribution in [0, 0.1) is 0 Å². The first-order valence-electron chi connectivity index (χ1n) is 14.8. The molecule has 2 fully saturated rings. The number of carbonyl (C=O) groups is 2. The predicted octanol–water partition coefficient (Wildman–Crippen LogP) is 3.20. The lowest BCUT2D eigenvalue weighted by molar-refractivity contribution is 0.0303. The summed E-state index contributed by atoms with van der Waals surface area (Å²) < 4.78 is 7.15. The molecule has 0 bridgehead atoms. The van der Waals surface area contributed by atoms with Gasteiger partial charge in [0.1, 0.15) is 0 Å². The minimum atomic E-state index is -0.0833. The van der Waals surface area contributed by atoms with Gasteiger partial charge in [0.25, 0.3) is 11.8 Å². The van der Waals surface area contributed by atoms with Crippen molar-refractivity contribution < 1.29 is 14.3 Å². The molecular weight excluding hydrogens is 546 g/mol. The Labute approximate surface area is 250 Å². The second-order valence-corrected chi connectivity index (χ2v) is 10.9. The molecule has 2 aliphatic heterocycles. The zero-order chi connectivity index (χ0) is 29.8. The molecule has 2 amide bonds. The Hall–Kier alpha value is -4.71. The van der Waals surface area contributed by atoms with E-state index in [1.165, 1.54) is 0 Å². The van der Waals surface area contributed by atoms with Gasteiger partial charge in [0.15, 0.2) is 0 Å². The fourth-order valence-corrected chi connectivity index (χ4v) is 5.41. The molecule has 12 heteroatoms. The highest BCUT2D eigenvalue weighted by Crippen LogP contribution is 2.23. The molecule has 6 rings (SSSR count). The average Bonchev–Trinajstić information content (AvgIpc) is 3.54. The summed E-state index contributed by atoms with van der Waals surface area (Å²) in [5.41, 5.74) is 3.15. The van der Waals surface area contributed by atoms with Gasteiger partial charge >= 0.3 is 0 Å². The summed E-state index contributed by atoms with van der Waals surface area (Å²) in [5.74, 6) is 1.55. The summed E-state index contributed by atoms with van der Waals surface area (Å²) in [5, 5.41) is 6.56. The van der Waals surface area contributed by atoms with E-state index in [1.807, 2.05) is 60.5 Å². The van der Waals surface area contributed by atoms with Crippen molar-refractivity contribution in [1.29, 1.82) is 0 Å². The third-order valence-corrected chi connectivity index (χ3v) is 8.03. The van der Waals surface area contributed by atoms with Gasteiger partial charge in [-0.3, -0.25) is 14.0 Å². The van der Waals surface area contributed by atoms with Crippen LogP contribution in [0.5, 0.6) is 0 Å². The van der Waals surface area contributed by atoms with Crippen molar-refractivity contribution in [3.05, 3.63) is 72.1 Å². The standard InChI is InChI=1S/C31H37N9O3/c1-3-37(2)26-12-8-22(9-13-26)27(41)33-25-5-4-15-39(21-25)30-35-29-32-14-16-40(29)31(36-30)34-24-10-6-23(7-11-24)28(42)38-17-19-43-20-18-38/h6-14,16,25H,3-5,15,17-21H2,1-2H3,(H,33,41)(H,32,34,35,36). The number of hydrogen-bond donors (Lipinski definition) is 2. The lowest BCUT2D eigenvalue weighted by atomic mass is 10.1. The van der Waals surface area contributed by atoms with Gasteiger partial charge in [-0.05, 0) is 68.3 Å². The second-order valence-electron chi connectivity index (χ2n) is 10.9. The van der Waals surface area contributed by atoms with Crippen LogP contribution in [0.1, 0.15) is 40.5 Å². The van der Waals surface area contributed by atoms with E-state index in [4.69, 9.17) is 14.7 Å². The first-order valence-corrected chi connectivity index (χ1v) is 14.8. The van der Waals surface area contributed by atoms with E-state index in [0.29, 0.717) is 61.6 Å². The van der Waals surface area contributed by atoms with Crippen molar-refractivity contribution in [2.75, 3.05) is 68.1 Å². The Kier molecular flexibility index (Phi) is 8.36. The summed E-state index contributed by atoms with van der Waals surface area (Å²) in [7, 11) is 2.03. The maximum absolute atomic E-state index is 13.0. The molecule has 0 spiro atoms. The zero-order valence-electron chi connectivity index (χ0n) is 24.6. The highest BCUT2D eigenvalue weighted by molar-refractivity contribution is 5.95. The van der Waals surface area contributed by atoms with Crippen LogP contribution in [0.4, 0.5) is 23.3 Å². The summed E-state index contributed by atoms with van der Waals surface area (Å²) in [6, 6.07) is 15.0. The number of amides is 2. The topological polar surface area (TPSA) is 120 Å². The van der Waals surface area contributed by atoms with E-state index in [-0.39, 0.29) is 17.9 Å². The van der Waals surface area contributed by atoms with Crippen LogP contribution in [-0.2, 0) is 4.74 Å². The number of nitrogens with one attached hydrogen (secondary N) is 2. The van der Waals surface area contributed by atoms with Crippen LogP contribution in [0.25, 0.3) is 5.78 Å². The number of rotatable bonds is 8. The molecule has 4 heterocycles. The predicted molar refractivity (Wildman–Crippen MR) is 165 cm³/mol. The summed E-state index contributed by atoms with van der Waals surface area (Å²) in [6.45, 7) is 6.70. The minimum absolute atomic E-state index is 0.00373. The lowest BCUT2D eigenvalue weighted by Crippen LogP contribution is -2.48. The smallest absolute Gasteiger partial charge is 0.254 e. The Morgan fingerprint density at radius 2 is 1.74 bits per heavy atom. The van der Waals surface area contributed by atoms with Gasteiger partial charge in [0.05, 0.1) is 13.2 Å². The number of fused-ring (bicyclic) bond motifs is 1. The van der Waals surface area contributed by atoms with Crippen LogP contribution >= 0.6 is 0 Å². The molecule has 4 aromatic rings. The number of imidazole rings is 1. The molecule has 1 atom stereocenters. The van der Waals surface area contributed by atoms with E-state index in [2.05, 4.69) is 32.3 Å². The van der Waals surface area contributed by atoms with E-state index in [0.717, 1.165) is 37.3 Å². The largest absolute Gasteiger partial charge is 0.378 e. The number of carbonyl (C=O) groups excluding carboxylic acids is 2. The normalized spacial score (nSPS) is 17.1. The van der Waals surface area contributed by atoms with E-state index < -0.39 is 0 Å². The van der Waals surface area contributed by atoms with Gasteiger partial charge in [-0.2, -0.15) is 9.97 Å². The molecule has 0 saturated carbocycles. The number of morpholine rings is 1. The number of benzene rings is 2. The zero-order valence-corrected chi connectivity index (χ0v) is 24.6. The summed E-state index contributed by atoms with van der Waals surface area (Å²) >= 11 is 0. The van der Waals surface area contributed by atoms with Crippen LogP contribution in [0.2, 0.25) is 0 Å². The Morgan fingerprint density at radius 1 is 1.00 bits per heavy atom. The highest BCUT2D eigenvalue weighted by atomic mass is 16.5. The summed E-state index contributed by atoms with van der Waals surface area (Å²) in [6.07, 6.45) is 5.27. The minimum Gasteiger partial charge on any atom is -0.378 e.